The third kappa shape index (κ3) is 6.15. The zero-order valence-corrected chi connectivity index (χ0v) is 17.7. The Balaban J connectivity index is 1.66. The third-order valence-electron chi connectivity index (χ3n) is 4.70. The molecule has 0 unspecified atom stereocenters. The second kappa shape index (κ2) is 10.4. The molecule has 0 aliphatic heterocycles. The number of primary amides is 1. The first-order chi connectivity index (χ1) is 14.9. The maximum absolute atomic E-state index is 12.2. The zero-order chi connectivity index (χ0) is 22.2. The average molecular weight is 422 g/mol. The number of nitrogens with one attached hydrogen (secondary N) is 2. The summed E-state index contributed by atoms with van der Waals surface area (Å²) in [5, 5.41) is 6.73. The van der Waals surface area contributed by atoms with Crippen molar-refractivity contribution in [3.05, 3.63) is 60.4 Å². The number of ether oxygens (including phenoxy) is 1. The van der Waals surface area contributed by atoms with Gasteiger partial charge >= 0.3 is 0 Å². The summed E-state index contributed by atoms with van der Waals surface area (Å²) < 4.78 is 5.55. The van der Waals surface area contributed by atoms with Gasteiger partial charge in [-0.25, -0.2) is 9.97 Å². The van der Waals surface area contributed by atoms with E-state index in [4.69, 9.17) is 10.5 Å². The van der Waals surface area contributed by atoms with E-state index >= 15 is 0 Å². The van der Waals surface area contributed by atoms with Crippen molar-refractivity contribution in [1.82, 2.24) is 15.3 Å². The van der Waals surface area contributed by atoms with Gasteiger partial charge in [0.1, 0.15) is 17.6 Å². The maximum atomic E-state index is 12.2. The number of fused-ring (bicyclic) bond motifs is 1. The normalized spacial score (nSPS) is 11.8. The van der Waals surface area contributed by atoms with Crippen LogP contribution in [-0.2, 0) is 16.1 Å². The minimum Gasteiger partial charge on any atom is -0.493 e. The quantitative estimate of drug-likeness (QED) is 0.463. The number of rotatable bonds is 10. The van der Waals surface area contributed by atoms with E-state index in [1.807, 2.05) is 68.4 Å². The lowest BCUT2D eigenvalue weighted by Crippen LogP contribution is -2.40. The minimum absolute atomic E-state index is 0.0148. The second-order valence-corrected chi connectivity index (χ2v) is 7.46. The first-order valence-corrected chi connectivity index (χ1v) is 10.2. The van der Waals surface area contributed by atoms with Crippen LogP contribution < -0.4 is 21.1 Å². The maximum Gasteiger partial charge on any atom is 0.240 e. The van der Waals surface area contributed by atoms with Crippen LogP contribution >= 0.6 is 0 Å². The highest BCUT2D eigenvalue weighted by molar-refractivity contribution is 5.92. The number of aromatic nitrogens is 2. The highest BCUT2D eigenvalue weighted by Crippen LogP contribution is 2.22. The molecule has 0 saturated heterocycles. The summed E-state index contributed by atoms with van der Waals surface area (Å²) in [4.78, 5) is 33.1. The monoisotopic (exact) mass is 421 g/mol. The van der Waals surface area contributed by atoms with Crippen LogP contribution in [0.1, 0.15) is 26.1 Å². The van der Waals surface area contributed by atoms with Gasteiger partial charge in [-0.1, -0.05) is 44.2 Å². The molecule has 0 aliphatic rings. The van der Waals surface area contributed by atoms with Crippen molar-refractivity contribution < 1.29 is 14.3 Å². The van der Waals surface area contributed by atoms with Crippen LogP contribution in [0.5, 0.6) is 5.75 Å². The van der Waals surface area contributed by atoms with E-state index in [0.29, 0.717) is 17.2 Å². The Labute approximate surface area is 181 Å². The van der Waals surface area contributed by atoms with Crippen molar-refractivity contribution in [2.45, 2.75) is 32.9 Å². The summed E-state index contributed by atoms with van der Waals surface area (Å²) in [6.07, 6.45) is 0.213. The molecule has 2 amide bonds. The van der Waals surface area contributed by atoms with Crippen LogP contribution in [0.2, 0.25) is 0 Å². The summed E-state index contributed by atoms with van der Waals surface area (Å²) in [7, 11) is 0. The number of hydrogen-bond donors (Lipinski definition) is 3. The largest absolute Gasteiger partial charge is 0.493 e. The van der Waals surface area contributed by atoms with Gasteiger partial charge in [0.25, 0.3) is 0 Å². The smallest absolute Gasteiger partial charge is 0.240 e. The van der Waals surface area contributed by atoms with Crippen LogP contribution in [0.25, 0.3) is 10.9 Å². The molecule has 2 aromatic carbocycles. The lowest BCUT2D eigenvalue weighted by atomic mass is 10.0. The predicted molar refractivity (Wildman–Crippen MR) is 119 cm³/mol. The van der Waals surface area contributed by atoms with Crippen LogP contribution in [0, 0.1) is 5.92 Å². The van der Waals surface area contributed by atoms with Crippen molar-refractivity contribution in [2.75, 3.05) is 11.9 Å². The first-order valence-electron chi connectivity index (χ1n) is 10.2. The van der Waals surface area contributed by atoms with Crippen LogP contribution in [0.15, 0.2) is 54.6 Å². The van der Waals surface area contributed by atoms with Crippen molar-refractivity contribution >= 4 is 28.5 Å². The SMILES string of the molecule is CC(C)[C@H](Nc1nc(CNC(=O)CCOc2ccccc2)nc2ccccc12)C(N)=O. The van der Waals surface area contributed by atoms with Crippen molar-refractivity contribution in [2.24, 2.45) is 11.7 Å². The summed E-state index contributed by atoms with van der Waals surface area (Å²) in [6.45, 7) is 4.25. The van der Waals surface area contributed by atoms with E-state index in [2.05, 4.69) is 20.6 Å². The average Bonchev–Trinajstić information content (AvgIpc) is 2.76. The highest BCUT2D eigenvalue weighted by Gasteiger charge is 2.21. The van der Waals surface area contributed by atoms with Crippen molar-refractivity contribution in [3.8, 4) is 5.75 Å². The van der Waals surface area contributed by atoms with Gasteiger partial charge in [-0.15, -0.1) is 0 Å². The number of carbonyl (C=O) groups excluding carboxylic acids is 2. The molecule has 0 saturated carbocycles. The molecule has 8 nitrogen and oxygen atoms in total. The van der Waals surface area contributed by atoms with E-state index in [1.165, 1.54) is 0 Å². The Kier molecular flexibility index (Phi) is 7.37. The van der Waals surface area contributed by atoms with Gasteiger partial charge in [-0.2, -0.15) is 0 Å². The van der Waals surface area contributed by atoms with Crippen LogP contribution in [-0.4, -0.2) is 34.4 Å². The van der Waals surface area contributed by atoms with E-state index in [-0.39, 0.29) is 31.4 Å². The molecule has 3 rings (SSSR count). The molecule has 0 aliphatic carbocycles. The number of para-hydroxylation sites is 2. The Morgan fingerprint density at radius 3 is 2.45 bits per heavy atom. The van der Waals surface area contributed by atoms with Gasteiger partial charge in [-0.3, -0.25) is 9.59 Å². The Bertz CT molecular complexity index is 1040. The fourth-order valence-corrected chi connectivity index (χ4v) is 3.07. The third-order valence-corrected chi connectivity index (χ3v) is 4.70. The molecule has 31 heavy (non-hydrogen) atoms. The van der Waals surface area contributed by atoms with E-state index in [1.54, 1.807) is 0 Å². The number of anilines is 1. The first kappa shape index (κ1) is 22.0. The molecular weight excluding hydrogens is 394 g/mol. The molecule has 162 valence electrons. The molecule has 0 spiro atoms. The molecule has 0 radical (unpaired) electrons. The molecule has 1 heterocycles. The summed E-state index contributed by atoms with van der Waals surface area (Å²) in [5.74, 6) is 1.03. The van der Waals surface area contributed by atoms with Gasteiger partial charge < -0.3 is 21.1 Å². The Morgan fingerprint density at radius 2 is 1.74 bits per heavy atom. The van der Waals surface area contributed by atoms with Gasteiger partial charge in [0.15, 0.2) is 5.82 Å². The van der Waals surface area contributed by atoms with E-state index in [9.17, 15) is 9.59 Å². The van der Waals surface area contributed by atoms with Gasteiger partial charge in [-0.05, 0) is 30.2 Å². The summed E-state index contributed by atoms with van der Waals surface area (Å²) in [5.41, 5.74) is 6.25. The fraction of sp³-hybridized carbons (Fsp3) is 0.304. The van der Waals surface area contributed by atoms with Crippen molar-refractivity contribution in [3.63, 3.8) is 0 Å². The lowest BCUT2D eigenvalue weighted by molar-refractivity contribution is -0.122. The Hall–Kier alpha value is -3.68. The number of amides is 2. The zero-order valence-electron chi connectivity index (χ0n) is 17.7. The number of benzene rings is 2. The number of nitrogens with two attached hydrogens (primary N) is 1. The van der Waals surface area contributed by atoms with Gasteiger partial charge in [0.05, 0.1) is 25.1 Å². The molecule has 1 aromatic heterocycles. The summed E-state index contributed by atoms with van der Waals surface area (Å²) in [6, 6.07) is 16.2. The standard InChI is InChI=1S/C23H27N5O3/c1-15(2)21(22(24)30)28-23-17-10-6-7-11-18(17)26-19(27-23)14-25-20(29)12-13-31-16-8-4-3-5-9-16/h3-11,15,21H,12-14H2,1-2H3,(H2,24,30)(H,25,29)(H,26,27,28)/t21-/m0/s1. The number of nitrogens with zero attached hydrogens (tertiary/aromatic N) is 2. The molecule has 3 aromatic rings. The fourth-order valence-electron chi connectivity index (χ4n) is 3.07. The molecule has 1 atom stereocenters. The van der Waals surface area contributed by atoms with Crippen molar-refractivity contribution in [1.29, 1.82) is 0 Å². The molecular formula is C23H27N5O3. The van der Waals surface area contributed by atoms with Gasteiger partial charge in [0.2, 0.25) is 11.8 Å². The minimum atomic E-state index is -0.573. The van der Waals surface area contributed by atoms with Gasteiger partial charge in [0, 0.05) is 5.39 Å². The number of carbonyl (C=O) groups is 2. The highest BCUT2D eigenvalue weighted by atomic mass is 16.5. The molecule has 0 bridgehead atoms. The van der Waals surface area contributed by atoms with Crippen LogP contribution in [0.4, 0.5) is 5.82 Å². The topological polar surface area (TPSA) is 119 Å². The van der Waals surface area contributed by atoms with E-state index < -0.39 is 11.9 Å². The number of hydrogen-bond acceptors (Lipinski definition) is 6. The van der Waals surface area contributed by atoms with Crippen LogP contribution in [0.3, 0.4) is 0 Å². The lowest BCUT2D eigenvalue weighted by Gasteiger charge is -2.21. The molecule has 4 N–H and O–H groups in total. The Morgan fingerprint density at radius 1 is 1.03 bits per heavy atom. The van der Waals surface area contributed by atoms with E-state index in [0.717, 1.165) is 11.1 Å². The molecule has 0 fully saturated rings. The predicted octanol–water partition coefficient (Wildman–Crippen LogP) is 2.64. The summed E-state index contributed by atoms with van der Waals surface area (Å²) >= 11 is 0. The second-order valence-electron chi connectivity index (χ2n) is 7.46. The molecule has 8 heteroatoms.